The van der Waals surface area contributed by atoms with Gasteiger partial charge in [0.1, 0.15) is 0 Å². The highest BCUT2D eigenvalue weighted by Crippen LogP contribution is 2.23. The van der Waals surface area contributed by atoms with Gasteiger partial charge in [0, 0.05) is 0 Å². The topological polar surface area (TPSA) is 64.3 Å². The third-order valence-corrected chi connectivity index (χ3v) is 2.84. The molecule has 0 atom stereocenters. The molecule has 0 bridgehead atoms. The molecular formula is C15H14F2N2O2. The minimum atomic E-state index is -0.863. The fraction of sp³-hybridized carbons (Fsp3) is 0.133. The second kappa shape index (κ2) is 6.21. The number of amides is 1. The Hall–Kier alpha value is -2.63. The molecule has 0 unspecified atom stereocenters. The number of aryl methyl sites for hydroxylation is 1. The van der Waals surface area contributed by atoms with Gasteiger partial charge in [0.15, 0.2) is 24.0 Å². The first-order chi connectivity index (χ1) is 9.99. The van der Waals surface area contributed by atoms with Crippen molar-refractivity contribution in [1.82, 2.24) is 0 Å². The zero-order chi connectivity index (χ0) is 15.4. The number of carbonyl (C=O) groups is 1. The van der Waals surface area contributed by atoms with Crippen molar-refractivity contribution in [2.45, 2.75) is 6.92 Å². The number of hydrogen-bond acceptors (Lipinski definition) is 3. The molecule has 0 heterocycles. The third kappa shape index (κ3) is 3.47. The summed E-state index contributed by atoms with van der Waals surface area (Å²) >= 11 is 0. The van der Waals surface area contributed by atoms with Gasteiger partial charge in [-0.25, -0.2) is 8.78 Å². The SMILES string of the molecule is Cc1cccc(N)c1NC(=O)COc1c(F)cccc1F. The molecule has 0 aliphatic carbocycles. The summed E-state index contributed by atoms with van der Waals surface area (Å²) in [5.41, 5.74) is 7.39. The quantitative estimate of drug-likeness (QED) is 0.852. The third-order valence-electron chi connectivity index (χ3n) is 2.84. The molecular weight excluding hydrogens is 278 g/mol. The standard InChI is InChI=1S/C15H14F2N2O2/c1-9-4-2-7-12(18)14(9)19-13(20)8-21-15-10(16)5-3-6-11(15)17/h2-7H,8,18H2,1H3,(H,19,20). The lowest BCUT2D eigenvalue weighted by molar-refractivity contribution is -0.118. The molecule has 4 nitrogen and oxygen atoms in total. The van der Waals surface area contributed by atoms with Crippen molar-refractivity contribution in [3.63, 3.8) is 0 Å². The molecule has 3 N–H and O–H groups in total. The smallest absolute Gasteiger partial charge is 0.262 e. The van der Waals surface area contributed by atoms with Gasteiger partial charge in [-0.05, 0) is 30.7 Å². The Morgan fingerprint density at radius 3 is 2.43 bits per heavy atom. The monoisotopic (exact) mass is 292 g/mol. The molecule has 2 aromatic carbocycles. The van der Waals surface area contributed by atoms with Crippen LogP contribution in [0.1, 0.15) is 5.56 Å². The van der Waals surface area contributed by atoms with E-state index < -0.39 is 29.9 Å². The molecule has 0 saturated carbocycles. The zero-order valence-electron chi connectivity index (χ0n) is 11.3. The van der Waals surface area contributed by atoms with Crippen molar-refractivity contribution < 1.29 is 18.3 Å². The number of anilines is 2. The average molecular weight is 292 g/mol. The summed E-state index contributed by atoms with van der Waals surface area (Å²) in [6.45, 7) is 1.26. The van der Waals surface area contributed by atoms with E-state index in [1.807, 2.05) is 0 Å². The van der Waals surface area contributed by atoms with Gasteiger partial charge in [-0.15, -0.1) is 0 Å². The van der Waals surface area contributed by atoms with Gasteiger partial charge in [0.05, 0.1) is 11.4 Å². The number of benzene rings is 2. The maximum absolute atomic E-state index is 13.3. The van der Waals surface area contributed by atoms with Crippen molar-refractivity contribution in [1.29, 1.82) is 0 Å². The summed E-state index contributed by atoms with van der Waals surface area (Å²) in [6.07, 6.45) is 0. The lowest BCUT2D eigenvalue weighted by Gasteiger charge is -2.12. The van der Waals surface area contributed by atoms with E-state index in [0.717, 1.165) is 17.7 Å². The number of nitrogen functional groups attached to an aromatic ring is 1. The molecule has 0 fully saturated rings. The van der Waals surface area contributed by atoms with Crippen LogP contribution in [0, 0.1) is 18.6 Å². The molecule has 0 aliphatic heterocycles. The lowest BCUT2D eigenvalue weighted by Crippen LogP contribution is -2.22. The number of nitrogens with one attached hydrogen (secondary N) is 1. The molecule has 6 heteroatoms. The van der Waals surface area contributed by atoms with Crippen molar-refractivity contribution in [3.05, 3.63) is 53.6 Å². The maximum atomic E-state index is 13.3. The molecule has 21 heavy (non-hydrogen) atoms. The highest BCUT2D eigenvalue weighted by atomic mass is 19.1. The molecule has 0 saturated heterocycles. The van der Waals surface area contributed by atoms with Crippen LogP contribution in [0.3, 0.4) is 0 Å². The van der Waals surface area contributed by atoms with E-state index >= 15 is 0 Å². The van der Waals surface area contributed by atoms with Gasteiger partial charge in [-0.2, -0.15) is 0 Å². The maximum Gasteiger partial charge on any atom is 0.262 e. The van der Waals surface area contributed by atoms with E-state index in [0.29, 0.717) is 11.4 Å². The van der Waals surface area contributed by atoms with Crippen LogP contribution in [-0.2, 0) is 4.79 Å². The van der Waals surface area contributed by atoms with E-state index in [1.165, 1.54) is 6.07 Å². The number of ether oxygens (including phenoxy) is 1. The van der Waals surface area contributed by atoms with E-state index in [2.05, 4.69) is 5.32 Å². The van der Waals surface area contributed by atoms with Gasteiger partial charge < -0.3 is 15.8 Å². The molecule has 110 valence electrons. The van der Waals surface area contributed by atoms with Crippen LogP contribution in [0.4, 0.5) is 20.2 Å². The molecule has 2 aromatic rings. The average Bonchev–Trinajstić information content (AvgIpc) is 2.42. The second-order valence-corrected chi connectivity index (χ2v) is 4.43. The highest BCUT2D eigenvalue weighted by Gasteiger charge is 2.13. The number of rotatable bonds is 4. The fourth-order valence-electron chi connectivity index (χ4n) is 1.79. The van der Waals surface area contributed by atoms with Crippen molar-refractivity contribution in [2.24, 2.45) is 0 Å². The predicted molar refractivity (Wildman–Crippen MR) is 76.1 cm³/mol. The Bertz CT molecular complexity index is 634. The molecule has 0 aliphatic rings. The van der Waals surface area contributed by atoms with Crippen molar-refractivity contribution >= 4 is 17.3 Å². The summed E-state index contributed by atoms with van der Waals surface area (Å²) in [6, 6.07) is 8.49. The minimum Gasteiger partial charge on any atom is -0.478 e. The van der Waals surface area contributed by atoms with E-state index in [4.69, 9.17) is 10.5 Å². The fourth-order valence-corrected chi connectivity index (χ4v) is 1.79. The van der Waals surface area contributed by atoms with Crippen molar-refractivity contribution in [3.8, 4) is 5.75 Å². The Morgan fingerprint density at radius 2 is 1.81 bits per heavy atom. The normalized spacial score (nSPS) is 10.2. The van der Waals surface area contributed by atoms with E-state index in [9.17, 15) is 13.6 Å². The Balaban J connectivity index is 2.03. The molecule has 0 aromatic heterocycles. The Labute approximate surface area is 120 Å². The van der Waals surface area contributed by atoms with Crippen LogP contribution in [-0.4, -0.2) is 12.5 Å². The van der Waals surface area contributed by atoms with Crippen LogP contribution in [0.5, 0.6) is 5.75 Å². The second-order valence-electron chi connectivity index (χ2n) is 4.43. The first-order valence-electron chi connectivity index (χ1n) is 6.21. The first-order valence-corrected chi connectivity index (χ1v) is 6.21. The summed E-state index contributed by atoms with van der Waals surface area (Å²) in [7, 11) is 0. The number of nitrogens with two attached hydrogens (primary N) is 1. The summed E-state index contributed by atoms with van der Waals surface area (Å²) in [5.74, 6) is -2.86. The van der Waals surface area contributed by atoms with Crippen molar-refractivity contribution in [2.75, 3.05) is 17.7 Å². The summed E-state index contributed by atoms with van der Waals surface area (Å²) in [4.78, 5) is 11.8. The Morgan fingerprint density at radius 1 is 1.19 bits per heavy atom. The lowest BCUT2D eigenvalue weighted by atomic mass is 10.1. The van der Waals surface area contributed by atoms with E-state index in [-0.39, 0.29) is 0 Å². The Kier molecular flexibility index (Phi) is 4.37. The largest absolute Gasteiger partial charge is 0.478 e. The number of para-hydroxylation sites is 2. The van der Waals surface area contributed by atoms with Crippen LogP contribution < -0.4 is 15.8 Å². The van der Waals surface area contributed by atoms with Crippen LogP contribution in [0.25, 0.3) is 0 Å². The summed E-state index contributed by atoms with van der Waals surface area (Å²) < 4.78 is 31.6. The number of carbonyl (C=O) groups excluding carboxylic acids is 1. The number of halogens is 2. The van der Waals surface area contributed by atoms with Crippen LogP contribution in [0.15, 0.2) is 36.4 Å². The van der Waals surface area contributed by atoms with Gasteiger partial charge in [-0.3, -0.25) is 4.79 Å². The summed E-state index contributed by atoms with van der Waals surface area (Å²) in [5, 5.41) is 2.55. The van der Waals surface area contributed by atoms with Crippen LogP contribution >= 0.6 is 0 Å². The van der Waals surface area contributed by atoms with Gasteiger partial charge in [-0.1, -0.05) is 18.2 Å². The van der Waals surface area contributed by atoms with Crippen LogP contribution in [0.2, 0.25) is 0 Å². The minimum absolute atomic E-state index is 0.403. The molecule has 1 amide bonds. The van der Waals surface area contributed by atoms with Gasteiger partial charge in [0.2, 0.25) is 0 Å². The number of hydrogen-bond donors (Lipinski definition) is 2. The molecule has 0 spiro atoms. The highest BCUT2D eigenvalue weighted by molar-refractivity contribution is 5.95. The predicted octanol–water partition coefficient (Wildman–Crippen LogP) is 2.87. The van der Waals surface area contributed by atoms with Gasteiger partial charge in [0.25, 0.3) is 5.91 Å². The van der Waals surface area contributed by atoms with E-state index in [1.54, 1.807) is 25.1 Å². The van der Waals surface area contributed by atoms with Gasteiger partial charge >= 0.3 is 0 Å². The molecule has 0 radical (unpaired) electrons. The first kappa shape index (κ1) is 14.8. The molecule has 2 rings (SSSR count). The zero-order valence-corrected chi connectivity index (χ0v) is 11.3.